The molecule has 0 spiro atoms. The fourth-order valence-corrected chi connectivity index (χ4v) is 2.50. The van der Waals surface area contributed by atoms with Crippen molar-refractivity contribution in [3.8, 4) is 17.6 Å². The zero-order valence-electron chi connectivity index (χ0n) is 10.5. The van der Waals surface area contributed by atoms with Crippen molar-refractivity contribution in [1.29, 1.82) is 5.26 Å². The van der Waals surface area contributed by atoms with Gasteiger partial charge in [-0.15, -0.1) is 0 Å². The van der Waals surface area contributed by atoms with Gasteiger partial charge in [0.25, 0.3) is 0 Å². The third kappa shape index (κ3) is 1.34. The summed E-state index contributed by atoms with van der Waals surface area (Å²) in [6, 6.07) is 8.29. The molecule has 3 rings (SSSR count). The van der Waals surface area contributed by atoms with Crippen molar-refractivity contribution >= 4 is 0 Å². The van der Waals surface area contributed by atoms with E-state index in [0.717, 1.165) is 17.1 Å². The van der Waals surface area contributed by atoms with E-state index in [9.17, 15) is 5.26 Å². The summed E-state index contributed by atoms with van der Waals surface area (Å²) in [5, 5.41) is 9.39. The maximum absolute atomic E-state index is 9.39. The number of benzene rings is 1. The summed E-state index contributed by atoms with van der Waals surface area (Å²) in [4.78, 5) is 0. The van der Waals surface area contributed by atoms with E-state index >= 15 is 0 Å². The number of nitriles is 1. The largest absolute Gasteiger partial charge is 0.454 e. The lowest BCUT2D eigenvalue weighted by atomic mass is 9.61. The second-order valence-electron chi connectivity index (χ2n) is 5.38. The average Bonchev–Trinajstić information content (AvgIpc) is 2.74. The molecule has 0 bridgehead atoms. The SMILES string of the molecule is CC(C)(C#N)C1(c2ccc3c(c2)OCO3)COC1. The highest BCUT2D eigenvalue weighted by Crippen LogP contribution is 2.49. The highest BCUT2D eigenvalue weighted by Gasteiger charge is 2.53. The highest BCUT2D eigenvalue weighted by molar-refractivity contribution is 5.48. The first-order chi connectivity index (χ1) is 8.59. The van der Waals surface area contributed by atoms with Gasteiger partial charge in [0.1, 0.15) is 0 Å². The Balaban J connectivity index is 2.06. The van der Waals surface area contributed by atoms with E-state index in [4.69, 9.17) is 14.2 Å². The molecule has 0 radical (unpaired) electrons. The van der Waals surface area contributed by atoms with Crippen LogP contribution in [0.2, 0.25) is 0 Å². The molecule has 2 aliphatic heterocycles. The van der Waals surface area contributed by atoms with Crippen LogP contribution >= 0.6 is 0 Å². The number of hydrogen-bond acceptors (Lipinski definition) is 4. The molecule has 2 heterocycles. The molecule has 0 amide bonds. The first-order valence-electron chi connectivity index (χ1n) is 5.98. The maximum atomic E-state index is 9.39. The van der Waals surface area contributed by atoms with E-state index in [2.05, 4.69) is 6.07 Å². The molecule has 1 aromatic carbocycles. The number of nitrogens with zero attached hydrogens (tertiary/aromatic N) is 1. The summed E-state index contributed by atoms with van der Waals surface area (Å²) in [5.41, 5.74) is 0.367. The summed E-state index contributed by atoms with van der Waals surface area (Å²) in [6.07, 6.45) is 0. The van der Waals surface area contributed by atoms with Gasteiger partial charge in [-0.25, -0.2) is 0 Å². The normalized spacial score (nSPS) is 20.1. The fourth-order valence-electron chi connectivity index (χ4n) is 2.50. The lowest BCUT2D eigenvalue weighted by Crippen LogP contribution is -2.56. The standard InChI is InChI=1S/C14H15NO3/c1-13(2,6-15)14(7-16-8-14)10-3-4-11-12(5-10)18-9-17-11/h3-5H,7-9H2,1-2H3. The first kappa shape index (κ1) is 11.4. The molecule has 0 saturated carbocycles. The molecule has 1 fully saturated rings. The van der Waals surface area contributed by atoms with Gasteiger partial charge < -0.3 is 14.2 Å². The average molecular weight is 245 g/mol. The predicted molar refractivity (Wildman–Crippen MR) is 64.5 cm³/mol. The van der Waals surface area contributed by atoms with Gasteiger partial charge in [0.2, 0.25) is 6.79 Å². The molecule has 0 aliphatic carbocycles. The van der Waals surface area contributed by atoms with Crippen LogP contribution in [0.25, 0.3) is 0 Å². The Bertz CT molecular complexity index is 526. The quantitative estimate of drug-likeness (QED) is 0.801. The van der Waals surface area contributed by atoms with Crippen molar-refractivity contribution in [2.45, 2.75) is 19.3 Å². The minimum Gasteiger partial charge on any atom is -0.454 e. The van der Waals surface area contributed by atoms with Gasteiger partial charge in [0, 0.05) is 0 Å². The molecule has 0 unspecified atom stereocenters. The lowest BCUT2D eigenvalue weighted by molar-refractivity contribution is -0.102. The molecule has 0 N–H and O–H groups in total. The number of hydrogen-bond donors (Lipinski definition) is 0. The lowest BCUT2D eigenvalue weighted by Gasteiger charge is -2.49. The molecule has 2 aliphatic rings. The Morgan fingerprint density at radius 1 is 1.22 bits per heavy atom. The highest BCUT2D eigenvalue weighted by atomic mass is 16.7. The molecule has 4 nitrogen and oxygen atoms in total. The van der Waals surface area contributed by atoms with Crippen LogP contribution in [0.5, 0.6) is 11.5 Å². The molecule has 18 heavy (non-hydrogen) atoms. The van der Waals surface area contributed by atoms with Crippen LogP contribution in [-0.2, 0) is 10.2 Å². The minimum atomic E-state index is -0.473. The Kier molecular flexibility index (Phi) is 2.29. The van der Waals surface area contributed by atoms with Crippen molar-refractivity contribution in [3.63, 3.8) is 0 Å². The van der Waals surface area contributed by atoms with Gasteiger partial charge in [0.15, 0.2) is 11.5 Å². The van der Waals surface area contributed by atoms with E-state index in [1.165, 1.54) is 0 Å². The molecule has 1 aromatic rings. The Labute approximate surface area is 106 Å². The Morgan fingerprint density at radius 3 is 2.56 bits per heavy atom. The van der Waals surface area contributed by atoms with E-state index < -0.39 is 5.41 Å². The summed E-state index contributed by atoms with van der Waals surface area (Å²) in [7, 11) is 0. The summed E-state index contributed by atoms with van der Waals surface area (Å²) >= 11 is 0. The van der Waals surface area contributed by atoms with Crippen molar-refractivity contribution in [2.24, 2.45) is 5.41 Å². The first-order valence-corrected chi connectivity index (χ1v) is 5.98. The van der Waals surface area contributed by atoms with E-state index in [-0.39, 0.29) is 12.2 Å². The van der Waals surface area contributed by atoms with Crippen molar-refractivity contribution in [2.75, 3.05) is 20.0 Å². The van der Waals surface area contributed by atoms with Crippen LogP contribution in [-0.4, -0.2) is 20.0 Å². The smallest absolute Gasteiger partial charge is 0.231 e. The van der Waals surface area contributed by atoms with Crippen LogP contribution < -0.4 is 9.47 Å². The number of fused-ring (bicyclic) bond motifs is 1. The molecule has 0 aromatic heterocycles. The number of rotatable bonds is 2. The molecule has 94 valence electrons. The molecule has 1 saturated heterocycles. The van der Waals surface area contributed by atoms with E-state index in [1.54, 1.807) is 0 Å². The van der Waals surface area contributed by atoms with Gasteiger partial charge in [-0.2, -0.15) is 5.26 Å². The summed E-state index contributed by atoms with van der Waals surface area (Å²) in [6.45, 7) is 5.34. The summed E-state index contributed by atoms with van der Waals surface area (Å²) < 4.78 is 16.1. The topological polar surface area (TPSA) is 51.5 Å². The Hall–Kier alpha value is -1.73. The van der Waals surface area contributed by atoms with Crippen molar-refractivity contribution in [1.82, 2.24) is 0 Å². The van der Waals surface area contributed by atoms with E-state index in [1.807, 2.05) is 32.0 Å². The number of ether oxygens (including phenoxy) is 3. The van der Waals surface area contributed by atoms with Crippen LogP contribution in [0.4, 0.5) is 0 Å². The van der Waals surface area contributed by atoms with Gasteiger partial charge in [-0.3, -0.25) is 0 Å². The van der Waals surface area contributed by atoms with Gasteiger partial charge in [0.05, 0.1) is 30.1 Å². The molecule has 0 atom stereocenters. The fraction of sp³-hybridized carbons (Fsp3) is 0.500. The van der Waals surface area contributed by atoms with Gasteiger partial charge in [-0.05, 0) is 31.5 Å². The van der Waals surface area contributed by atoms with Crippen LogP contribution in [0.1, 0.15) is 19.4 Å². The Morgan fingerprint density at radius 2 is 1.94 bits per heavy atom. The molecule has 4 heteroatoms. The van der Waals surface area contributed by atoms with Crippen molar-refractivity contribution < 1.29 is 14.2 Å². The summed E-state index contributed by atoms with van der Waals surface area (Å²) in [5.74, 6) is 1.52. The third-order valence-electron chi connectivity index (χ3n) is 4.10. The molecular weight excluding hydrogens is 230 g/mol. The second kappa shape index (κ2) is 3.63. The zero-order chi connectivity index (χ0) is 12.8. The van der Waals surface area contributed by atoms with Crippen LogP contribution in [0.3, 0.4) is 0 Å². The molecular formula is C14H15NO3. The monoisotopic (exact) mass is 245 g/mol. The predicted octanol–water partition coefficient (Wildman–Crippen LogP) is 2.23. The van der Waals surface area contributed by atoms with Gasteiger partial charge >= 0.3 is 0 Å². The van der Waals surface area contributed by atoms with Crippen molar-refractivity contribution in [3.05, 3.63) is 23.8 Å². The zero-order valence-corrected chi connectivity index (χ0v) is 10.5. The van der Waals surface area contributed by atoms with Crippen LogP contribution in [0.15, 0.2) is 18.2 Å². The maximum Gasteiger partial charge on any atom is 0.231 e. The second-order valence-corrected chi connectivity index (χ2v) is 5.38. The van der Waals surface area contributed by atoms with Gasteiger partial charge in [-0.1, -0.05) is 6.07 Å². The third-order valence-corrected chi connectivity index (χ3v) is 4.10. The van der Waals surface area contributed by atoms with Crippen LogP contribution in [0, 0.1) is 16.7 Å². The minimum absolute atomic E-state index is 0.247. The van der Waals surface area contributed by atoms with E-state index in [0.29, 0.717) is 13.2 Å².